The summed E-state index contributed by atoms with van der Waals surface area (Å²) in [6.07, 6.45) is 1.82. The van der Waals surface area contributed by atoms with E-state index in [2.05, 4.69) is 10.7 Å². The number of rotatable bonds is 5. The summed E-state index contributed by atoms with van der Waals surface area (Å²) in [4.78, 5) is 25.8. The van der Waals surface area contributed by atoms with Gasteiger partial charge in [-0.25, -0.2) is 0 Å². The number of para-hydroxylation sites is 1. The topological polar surface area (TPSA) is 70.4 Å². The van der Waals surface area contributed by atoms with Crippen LogP contribution in [0.4, 0.5) is 0 Å². The van der Waals surface area contributed by atoms with E-state index in [9.17, 15) is 9.59 Å². The Morgan fingerprint density at radius 2 is 1.75 bits per heavy atom. The van der Waals surface area contributed by atoms with Gasteiger partial charge in [-0.2, -0.15) is 0 Å². The summed E-state index contributed by atoms with van der Waals surface area (Å²) < 4.78 is 7.17. The fourth-order valence-corrected chi connectivity index (χ4v) is 3.82. The maximum absolute atomic E-state index is 13.0. The number of hydrazone groups is 1. The fraction of sp³-hybridized carbons (Fsp3) is 0.160. The van der Waals surface area contributed by atoms with Crippen LogP contribution in [-0.2, 0) is 4.79 Å². The number of aryl methyl sites for hydroxylation is 1. The molecule has 2 N–H and O–H groups in total. The van der Waals surface area contributed by atoms with E-state index in [-0.39, 0.29) is 11.8 Å². The van der Waals surface area contributed by atoms with Crippen LogP contribution in [0.2, 0.25) is 5.02 Å². The highest BCUT2D eigenvalue weighted by Crippen LogP contribution is 2.27. The Morgan fingerprint density at radius 1 is 1.06 bits per heavy atom. The van der Waals surface area contributed by atoms with Crippen LogP contribution in [0, 0.1) is 6.92 Å². The molecule has 2 atom stereocenters. The standard InChI is InChI=1S/C25H22ClN3O3/c1-16-7-9-17(10-8-16)23-22(27-24(30)18-11-13-20(26)14-12-18)25(31)28-29(23)15-19-5-3-4-6-21(19)32-2/h3-15,22-23H,1-2H3,(H-,27,28,30,31)/p+1/b29-15-/t22-,23-/m1/s1. The second kappa shape index (κ2) is 9.24. The van der Waals surface area contributed by atoms with Crippen molar-refractivity contribution in [1.29, 1.82) is 0 Å². The van der Waals surface area contributed by atoms with E-state index in [1.165, 1.54) is 0 Å². The summed E-state index contributed by atoms with van der Waals surface area (Å²) >= 11 is 5.93. The molecule has 0 aliphatic carbocycles. The average Bonchev–Trinajstić information content (AvgIpc) is 3.09. The third kappa shape index (κ3) is 4.50. The number of nitrogens with zero attached hydrogens (tertiary/aromatic N) is 1. The predicted octanol–water partition coefficient (Wildman–Crippen LogP) is 3.67. The van der Waals surface area contributed by atoms with Gasteiger partial charge in [0.2, 0.25) is 12.3 Å². The molecular formula is C25H23ClN3O3+. The van der Waals surface area contributed by atoms with Gasteiger partial charge in [-0.05, 0) is 43.3 Å². The number of hydrogen-bond donors (Lipinski definition) is 2. The number of benzene rings is 3. The molecule has 3 aromatic carbocycles. The van der Waals surface area contributed by atoms with Crippen molar-refractivity contribution in [1.82, 2.24) is 10.7 Å². The normalized spacial score (nSPS) is 19.0. The smallest absolute Gasteiger partial charge is 0.304 e. The fourth-order valence-electron chi connectivity index (χ4n) is 3.69. The second-order valence-corrected chi connectivity index (χ2v) is 8.00. The van der Waals surface area contributed by atoms with E-state index in [1.807, 2.05) is 61.7 Å². The molecule has 2 amide bonds. The highest BCUT2D eigenvalue weighted by atomic mass is 35.5. The summed E-state index contributed by atoms with van der Waals surface area (Å²) in [7, 11) is 1.60. The van der Waals surface area contributed by atoms with E-state index in [0.717, 1.165) is 16.7 Å². The molecule has 4 rings (SSSR count). The van der Waals surface area contributed by atoms with Crippen LogP contribution in [-0.4, -0.2) is 35.9 Å². The SMILES string of the molecule is COc1ccccc1/C=[N+]1\NC(=O)[C@H](NC(=O)c2ccc(Cl)cc2)[C@H]1c1ccc(C)cc1. The van der Waals surface area contributed by atoms with Crippen LogP contribution in [0.3, 0.4) is 0 Å². The van der Waals surface area contributed by atoms with Gasteiger partial charge >= 0.3 is 5.91 Å². The summed E-state index contributed by atoms with van der Waals surface area (Å²) in [5, 5.41) is 3.42. The molecule has 7 heteroatoms. The molecule has 0 bridgehead atoms. The van der Waals surface area contributed by atoms with Crippen LogP contribution >= 0.6 is 11.6 Å². The van der Waals surface area contributed by atoms with Crippen LogP contribution in [0.5, 0.6) is 5.75 Å². The third-order valence-electron chi connectivity index (χ3n) is 5.37. The number of methoxy groups -OCH3 is 1. The number of amides is 2. The maximum Gasteiger partial charge on any atom is 0.304 e. The summed E-state index contributed by atoms with van der Waals surface area (Å²) in [5.41, 5.74) is 6.11. The summed E-state index contributed by atoms with van der Waals surface area (Å²) in [5.74, 6) is 0.0279. The molecule has 0 unspecified atom stereocenters. The monoisotopic (exact) mass is 448 g/mol. The quantitative estimate of drug-likeness (QED) is 0.585. The Kier molecular flexibility index (Phi) is 6.23. The highest BCUT2D eigenvalue weighted by molar-refractivity contribution is 6.30. The maximum atomic E-state index is 13.0. The van der Waals surface area contributed by atoms with Crippen molar-refractivity contribution in [2.45, 2.75) is 19.0 Å². The van der Waals surface area contributed by atoms with Gasteiger partial charge in [0, 0.05) is 16.1 Å². The zero-order valence-corrected chi connectivity index (χ0v) is 18.5. The minimum Gasteiger partial charge on any atom is -0.496 e. The molecule has 0 radical (unpaired) electrons. The van der Waals surface area contributed by atoms with E-state index < -0.39 is 12.1 Å². The van der Waals surface area contributed by atoms with Crippen LogP contribution in [0.1, 0.15) is 33.1 Å². The second-order valence-electron chi connectivity index (χ2n) is 7.57. The van der Waals surface area contributed by atoms with Crippen molar-refractivity contribution in [3.63, 3.8) is 0 Å². The first kappa shape index (κ1) is 21.6. The third-order valence-corrected chi connectivity index (χ3v) is 5.62. The number of carbonyl (C=O) groups excluding carboxylic acids is 2. The molecule has 1 fully saturated rings. The molecule has 1 heterocycles. The van der Waals surface area contributed by atoms with Gasteiger partial charge in [0.25, 0.3) is 5.91 Å². The first-order valence-corrected chi connectivity index (χ1v) is 10.5. The average molecular weight is 449 g/mol. The van der Waals surface area contributed by atoms with E-state index in [0.29, 0.717) is 16.3 Å². The van der Waals surface area contributed by atoms with Crippen molar-refractivity contribution >= 4 is 29.6 Å². The van der Waals surface area contributed by atoms with E-state index >= 15 is 0 Å². The Balaban J connectivity index is 1.72. The zero-order chi connectivity index (χ0) is 22.7. The molecule has 3 aromatic rings. The van der Waals surface area contributed by atoms with Crippen LogP contribution in [0.15, 0.2) is 72.8 Å². The van der Waals surface area contributed by atoms with Gasteiger partial charge in [-0.15, -0.1) is 10.1 Å². The first-order valence-electron chi connectivity index (χ1n) is 10.2. The van der Waals surface area contributed by atoms with Crippen LogP contribution in [0.25, 0.3) is 0 Å². The lowest BCUT2D eigenvalue weighted by atomic mass is 9.98. The molecule has 162 valence electrons. The zero-order valence-electron chi connectivity index (χ0n) is 17.7. The largest absolute Gasteiger partial charge is 0.496 e. The molecule has 1 aliphatic heterocycles. The predicted molar refractivity (Wildman–Crippen MR) is 123 cm³/mol. The lowest BCUT2D eigenvalue weighted by Gasteiger charge is -2.15. The number of nitrogens with one attached hydrogen (secondary N) is 2. The van der Waals surface area contributed by atoms with Gasteiger partial charge in [0.1, 0.15) is 5.75 Å². The van der Waals surface area contributed by atoms with Gasteiger partial charge in [-0.3, -0.25) is 9.59 Å². The van der Waals surface area contributed by atoms with Gasteiger partial charge < -0.3 is 10.1 Å². The van der Waals surface area contributed by atoms with Gasteiger partial charge in [-0.1, -0.05) is 53.6 Å². The lowest BCUT2D eigenvalue weighted by molar-refractivity contribution is -0.596. The highest BCUT2D eigenvalue weighted by Gasteiger charge is 2.47. The first-order chi connectivity index (χ1) is 15.5. The molecule has 0 spiro atoms. The summed E-state index contributed by atoms with van der Waals surface area (Å²) in [6, 6.07) is 20.7. The number of ether oxygens (including phenoxy) is 1. The van der Waals surface area contributed by atoms with Crippen molar-refractivity contribution in [3.8, 4) is 5.75 Å². The number of carbonyl (C=O) groups is 2. The Morgan fingerprint density at radius 3 is 2.44 bits per heavy atom. The minimum absolute atomic E-state index is 0.302. The molecule has 0 saturated carbocycles. The molecule has 1 aliphatic rings. The lowest BCUT2D eigenvalue weighted by Crippen LogP contribution is -2.42. The molecule has 0 aromatic heterocycles. The molecule has 6 nitrogen and oxygen atoms in total. The number of hydrazine groups is 1. The molecule has 32 heavy (non-hydrogen) atoms. The summed E-state index contributed by atoms with van der Waals surface area (Å²) in [6.45, 7) is 2.00. The van der Waals surface area contributed by atoms with E-state index in [1.54, 1.807) is 36.1 Å². The van der Waals surface area contributed by atoms with Crippen molar-refractivity contribution in [2.24, 2.45) is 0 Å². The minimum atomic E-state index is -0.799. The van der Waals surface area contributed by atoms with Crippen molar-refractivity contribution < 1.29 is 19.0 Å². The Hall–Kier alpha value is -3.64. The van der Waals surface area contributed by atoms with Crippen molar-refractivity contribution in [2.75, 3.05) is 7.11 Å². The number of hydrogen-bond acceptors (Lipinski definition) is 3. The number of halogens is 1. The van der Waals surface area contributed by atoms with Crippen LogP contribution < -0.4 is 15.5 Å². The Labute approximate surface area is 191 Å². The van der Waals surface area contributed by atoms with Crippen molar-refractivity contribution in [3.05, 3.63) is 100 Å². The van der Waals surface area contributed by atoms with Gasteiger partial charge in [0.15, 0.2) is 6.04 Å². The van der Waals surface area contributed by atoms with E-state index in [4.69, 9.17) is 16.3 Å². The Bertz CT molecular complexity index is 1170. The molecule has 1 saturated heterocycles. The molecular weight excluding hydrogens is 426 g/mol. The van der Waals surface area contributed by atoms with Gasteiger partial charge in [0.05, 0.1) is 12.7 Å².